The van der Waals surface area contributed by atoms with Gasteiger partial charge in [-0.15, -0.1) is 0 Å². The van der Waals surface area contributed by atoms with Crippen molar-refractivity contribution in [3.63, 3.8) is 0 Å². The summed E-state index contributed by atoms with van der Waals surface area (Å²) in [6.07, 6.45) is 1.12. The summed E-state index contributed by atoms with van der Waals surface area (Å²) >= 11 is 7.01. The zero-order chi connectivity index (χ0) is 14.4. The van der Waals surface area contributed by atoms with Gasteiger partial charge in [-0.25, -0.2) is 0 Å². The van der Waals surface area contributed by atoms with Gasteiger partial charge >= 0.3 is 0 Å². The molecule has 2 aromatic rings. The molecular weight excluding hydrogens is 382 g/mol. The molecule has 2 rings (SSSR count). The fraction of sp³-hybridized carbons (Fsp3) is 0.250. The van der Waals surface area contributed by atoms with Crippen LogP contribution in [0, 0.1) is 0 Å². The summed E-state index contributed by atoms with van der Waals surface area (Å²) in [4.78, 5) is 0. The van der Waals surface area contributed by atoms with Crippen LogP contribution in [0.25, 0.3) is 0 Å². The lowest BCUT2D eigenvalue weighted by atomic mass is 10.2. The van der Waals surface area contributed by atoms with E-state index in [9.17, 15) is 0 Å². The fourth-order valence-electron chi connectivity index (χ4n) is 1.82. The molecular formula is C16H17Br2NO. The van der Waals surface area contributed by atoms with Crippen LogP contribution in [-0.4, -0.2) is 6.54 Å². The van der Waals surface area contributed by atoms with Crippen molar-refractivity contribution in [3.05, 3.63) is 57.0 Å². The fourth-order valence-corrected chi connectivity index (χ4v) is 2.52. The van der Waals surface area contributed by atoms with Crippen molar-refractivity contribution in [1.82, 2.24) is 5.32 Å². The number of hydrogen-bond donors (Lipinski definition) is 1. The third-order valence-electron chi connectivity index (χ3n) is 2.83. The van der Waals surface area contributed by atoms with Crippen LogP contribution in [0.1, 0.15) is 18.9 Å². The molecule has 0 spiro atoms. The third-order valence-corrected chi connectivity index (χ3v) is 3.98. The highest BCUT2D eigenvalue weighted by Crippen LogP contribution is 2.32. The van der Waals surface area contributed by atoms with Gasteiger partial charge in [0.25, 0.3) is 0 Å². The average Bonchev–Trinajstić information content (AvgIpc) is 2.44. The number of para-hydroxylation sites is 1. The topological polar surface area (TPSA) is 21.3 Å². The number of benzene rings is 2. The molecule has 0 atom stereocenters. The predicted octanol–water partition coefficient (Wildman–Crippen LogP) is 5.50. The molecule has 0 fully saturated rings. The van der Waals surface area contributed by atoms with Crippen LogP contribution in [0.3, 0.4) is 0 Å². The summed E-state index contributed by atoms with van der Waals surface area (Å²) in [5.74, 6) is 1.69. The molecule has 0 saturated carbocycles. The maximum atomic E-state index is 6.03. The van der Waals surface area contributed by atoms with E-state index in [4.69, 9.17) is 4.74 Å². The van der Waals surface area contributed by atoms with E-state index < -0.39 is 0 Å². The molecule has 1 N–H and O–H groups in total. The monoisotopic (exact) mass is 397 g/mol. The van der Waals surface area contributed by atoms with E-state index in [1.165, 1.54) is 0 Å². The number of ether oxygens (including phenoxy) is 1. The first-order valence-corrected chi connectivity index (χ1v) is 8.21. The van der Waals surface area contributed by atoms with Crippen LogP contribution < -0.4 is 10.1 Å². The number of nitrogens with one attached hydrogen (secondary N) is 1. The summed E-state index contributed by atoms with van der Waals surface area (Å²) in [6, 6.07) is 14.0. The first-order chi connectivity index (χ1) is 9.70. The predicted molar refractivity (Wildman–Crippen MR) is 90.4 cm³/mol. The molecule has 0 aliphatic heterocycles. The molecule has 0 aromatic heterocycles. The van der Waals surface area contributed by atoms with Gasteiger partial charge in [0.15, 0.2) is 0 Å². The maximum absolute atomic E-state index is 6.03. The van der Waals surface area contributed by atoms with Crippen LogP contribution >= 0.6 is 31.9 Å². The van der Waals surface area contributed by atoms with Crippen molar-refractivity contribution in [2.45, 2.75) is 19.9 Å². The Bertz CT molecular complexity index is 572. The smallest absolute Gasteiger partial charge is 0.141 e. The molecule has 2 nitrogen and oxygen atoms in total. The largest absolute Gasteiger partial charge is 0.456 e. The second kappa shape index (κ2) is 7.81. The molecule has 0 unspecified atom stereocenters. The van der Waals surface area contributed by atoms with E-state index in [1.54, 1.807) is 0 Å². The number of halogens is 2. The minimum absolute atomic E-state index is 0.806. The van der Waals surface area contributed by atoms with E-state index in [-0.39, 0.29) is 0 Å². The lowest BCUT2D eigenvalue weighted by Crippen LogP contribution is -2.14. The molecule has 0 radical (unpaired) electrons. The molecule has 4 heteroatoms. The highest BCUT2D eigenvalue weighted by atomic mass is 79.9. The molecule has 0 heterocycles. The Labute approximate surface area is 136 Å². The Kier molecular flexibility index (Phi) is 6.07. The third kappa shape index (κ3) is 4.33. The molecule has 0 aliphatic carbocycles. The Balaban J connectivity index is 2.21. The van der Waals surface area contributed by atoms with Crippen molar-refractivity contribution < 1.29 is 4.74 Å². The zero-order valence-corrected chi connectivity index (χ0v) is 14.5. The van der Waals surface area contributed by atoms with Gasteiger partial charge < -0.3 is 10.1 Å². The van der Waals surface area contributed by atoms with Gasteiger partial charge in [0.1, 0.15) is 11.5 Å². The maximum Gasteiger partial charge on any atom is 0.141 e. The SMILES string of the molecule is CCCNCc1ccc(Br)cc1Oc1ccccc1Br. The molecule has 106 valence electrons. The van der Waals surface area contributed by atoms with E-state index in [0.29, 0.717) is 0 Å². The molecule has 2 aromatic carbocycles. The van der Waals surface area contributed by atoms with Crippen LogP contribution in [-0.2, 0) is 6.54 Å². The van der Waals surface area contributed by atoms with E-state index in [0.717, 1.165) is 45.5 Å². The highest BCUT2D eigenvalue weighted by Gasteiger charge is 2.08. The van der Waals surface area contributed by atoms with Crippen LogP contribution in [0.5, 0.6) is 11.5 Å². The lowest BCUT2D eigenvalue weighted by Gasteiger charge is -2.13. The molecule has 0 saturated heterocycles. The van der Waals surface area contributed by atoms with Crippen LogP contribution in [0.15, 0.2) is 51.4 Å². The Morgan fingerprint density at radius 1 is 1.05 bits per heavy atom. The van der Waals surface area contributed by atoms with Crippen LogP contribution in [0.4, 0.5) is 0 Å². The van der Waals surface area contributed by atoms with E-state index >= 15 is 0 Å². The summed E-state index contributed by atoms with van der Waals surface area (Å²) in [7, 11) is 0. The quantitative estimate of drug-likeness (QED) is 0.648. The van der Waals surface area contributed by atoms with Gasteiger partial charge in [-0.1, -0.05) is 41.1 Å². The van der Waals surface area contributed by atoms with Crippen molar-refractivity contribution in [3.8, 4) is 11.5 Å². The van der Waals surface area contributed by atoms with Crippen molar-refractivity contribution >= 4 is 31.9 Å². The minimum Gasteiger partial charge on any atom is -0.456 e. The first kappa shape index (κ1) is 15.5. The van der Waals surface area contributed by atoms with Crippen molar-refractivity contribution in [2.24, 2.45) is 0 Å². The molecule has 0 bridgehead atoms. The average molecular weight is 399 g/mol. The Morgan fingerprint density at radius 3 is 2.60 bits per heavy atom. The second-order valence-electron chi connectivity index (χ2n) is 4.46. The van der Waals surface area contributed by atoms with Crippen molar-refractivity contribution in [2.75, 3.05) is 6.54 Å². The van der Waals surface area contributed by atoms with Gasteiger partial charge in [0, 0.05) is 16.6 Å². The normalized spacial score (nSPS) is 10.6. The zero-order valence-electron chi connectivity index (χ0n) is 11.3. The van der Waals surface area contributed by atoms with E-state index in [1.807, 2.05) is 36.4 Å². The van der Waals surface area contributed by atoms with Gasteiger partial charge in [0.2, 0.25) is 0 Å². The number of rotatable bonds is 6. The number of hydrogen-bond acceptors (Lipinski definition) is 2. The van der Waals surface area contributed by atoms with Gasteiger partial charge in [-0.3, -0.25) is 0 Å². The Hall–Kier alpha value is -0.840. The first-order valence-electron chi connectivity index (χ1n) is 6.62. The van der Waals surface area contributed by atoms with Gasteiger partial charge in [-0.05, 0) is 53.2 Å². The van der Waals surface area contributed by atoms with Gasteiger partial charge in [0.05, 0.1) is 4.47 Å². The Morgan fingerprint density at radius 2 is 1.85 bits per heavy atom. The molecule has 20 heavy (non-hydrogen) atoms. The highest BCUT2D eigenvalue weighted by molar-refractivity contribution is 9.10. The summed E-state index contributed by atoms with van der Waals surface area (Å²) in [5, 5.41) is 3.40. The minimum atomic E-state index is 0.806. The summed E-state index contributed by atoms with van der Waals surface area (Å²) in [6.45, 7) is 3.97. The molecule has 0 aliphatic rings. The summed E-state index contributed by atoms with van der Waals surface area (Å²) in [5.41, 5.74) is 1.15. The van der Waals surface area contributed by atoms with Crippen molar-refractivity contribution in [1.29, 1.82) is 0 Å². The lowest BCUT2D eigenvalue weighted by molar-refractivity contribution is 0.469. The molecule has 0 amide bonds. The van der Waals surface area contributed by atoms with E-state index in [2.05, 4.69) is 50.2 Å². The van der Waals surface area contributed by atoms with Crippen LogP contribution in [0.2, 0.25) is 0 Å². The second-order valence-corrected chi connectivity index (χ2v) is 6.23. The standard InChI is InChI=1S/C16H17Br2NO/c1-2-9-19-11-12-7-8-13(17)10-16(12)20-15-6-4-3-5-14(15)18/h3-8,10,19H,2,9,11H2,1H3. The van der Waals surface area contributed by atoms with Gasteiger partial charge in [-0.2, -0.15) is 0 Å². The summed E-state index contributed by atoms with van der Waals surface area (Å²) < 4.78 is 8.00.